The third-order valence-corrected chi connectivity index (χ3v) is 6.19. The molecule has 2 unspecified atom stereocenters. The van der Waals surface area contributed by atoms with E-state index in [0.29, 0.717) is 17.7 Å². The summed E-state index contributed by atoms with van der Waals surface area (Å²) < 4.78 is 5.46. The molecule has 8 nitrogen and oxygen atoms in total. The molecule has 0 bridgehead atoms. The Labute approximate surface area is 236 Å². The number of nitrogens with one attached hydrogen (secondary N) is 2. The minimum atomic E-state index is -1.02. The number of nitrogens with zero attached hydrogens (tertiary/aromatic N) is 1. The first-order chi connectivity index (χ1) is 19.0. The lowest BCUT2D eigenvalue weighted by Gasteiger charge is -2.34. The van der Waals surface area contributed by atoms with Gasteiger partial charge in [-0.25, -0.2) is 4.79 Å². The van der Waals surface area contributed by atoms with Gasteiger partial charge in [0.15, 0.2) is 0 Å². The number of hydrogen-bond acceptors (Lipinski definition) is 5. The molecule has 0 fully saturated rings. The van der Waals surface area contributed by atoms with Crippen LogP contribution in [0.15, 0.2) is 78.9 Å². The molecule has 2 atom stereocenters. The summed E-state index contributed by atoms with van der Waals surface area (Å²) in [7, 11) is 0. The standard InChI is InChI=1S/C32H39N3O5/c1-6-20-35(28(24-13-8-7-9-14-24)29(37)33-26-15-11-10-12-22(26)2)30(38)27(34-31(39)40-32(3,4)5)21-23-16-18-25(36)19-17-23/h7-19,27-28,36H,6,20-21H2,1-5H3,(H,33,37)(H,34,39). The number of benzene rings is 3. The van der Waals surface area contributed by atoms with Crippen molar-refractivity contribution in [2.75, 3.05) is 11.9 Å². The first-order valence-electron chi connectivity index (χ1n) is 13.5. The van der Waals surface area contributed by atoms with Crippen molar-refractivity contribution in [2.45, 2.75) is 65.1 Å². The van der Waals surface area contributed by atoms with Gasteiger partial charge in [0.25, 0.3) is 5.91 Å². The Morgan fingerprint density at radius 1 is 0.925 bits per heavy atom. The molecule has 0 heterocycles. The summed E-state index contributed by atoms with van der Waals surface area (Å²) >= 11 is 0. The molecule has 0 aliphatic carbocycles. The Hall–Kier alpha value is -4.33. The number of aryl methyl sites for hydroxylation is 1. The van der Waals surface area contributed by atoms with Gasteiger partial charge in [-0.05, 0) is 69.0 Å². The number of para-hydroxylation sites is 1. The minimum absolute atomic E-state index is 0.0938. The van der Waals surface area contributed by atoms with Crippen LogP contribution in [0.4, 0.5) is 10.5 Å². The molecule has 0 radical (unpaired) electrons. The molecule has 3 aromatic carbocycles. The molecule has 0 saturated carbocycles. The van der Waals surface area contributed by atoms with Gasteiger partial charge in [-0.2, -0.15) is 0 Å². The van der Waals surface area contributed by atoms with Crippen LogP contribution >= 0.6 is 0 Å². The van der Waals surface area contributed by atoms with E-state index in [9.17, 15) is 19.5 Å². The van der Waals surface area contributed by atoms with Crippen molar-refractivity contribution in [3.05, 3.63) is 95.6 Å². The Balaban J connectivity index is 2.01. The van der Waals surface area contributed by atoms with Gasteiger partial charge in [0.1, 0.15) is 23.4 Å². The van der Waals surface area contributed by atoms with Crippen LogP contribution in [0.1, 0.15) is 56.8 Å². The number of aromatic hydroxyl groups is 1. The smallest absolute Gasteiger partial charge is 0.408 e. The van der Waals surface area contributed by atoms with Crippen LogP contribution in [0.3, 0.4) is 0 Å². The lowest BCUT2D eigenvalue weighted by Crippen LogP contribution is -2.53. The van der Waals surface area contributed by atoms with E-state index in [4.69, 9.17) is 4.74 Å². The number of ether oxygens (including phenoxy) is 1. The number of phenolic OH excluding ortho intramolecular Hbond substituents is 1. The maximum atomic E-state index is 14.3. The van der Waals surface area contributed by atoms with Crippen molar-refractivity contribution in [2.24, 2.45) is 0 Å². The Morgan fingerprint density at radius 2 is 1.55 bits per heavy atom. The van der Waals surface area contributed by atoms with Crippen molar-refractivity contribution >= 4 is 23.6 Å². The Bertz CT molecular complexity index is 1290. The molecule has 3 rings (SSSR count). The molecule has 3 N–H and O–H groups in total. The van der Waals surface area contributed by atoms with E-state index >= 15 is 0 Å². The van der Waals surface area contributed by atoms with Crippen LogP contribution in [0.2, 0.25) is 0 Å². The van der Waals surface area contributed by atoms with E-state index < -0.39 is 29.7 Å². The summed E-state index contributed by atoms with van der Waals surface area (Å²) in [6.45, 7) is 9.34. The van der Waals surface area contributed by atoms with Crippen molar-refractivity contribution in [3.63, 3.8) is 0 Å². The fourth-order valence-electron chi connectivity index (χ4n) is 4.35. The summed E-state index contributed by atoms with van der Waals surface area (Å²) in [5.41, 5.74) is 2.16. The minimum Gasteiger partial charge on any atom is -0.508 e. The molecule has 0 aromatic heterocycles. The molecule has 0 aliphatic rings. The van der Waals surface area contributed by atoms with Gasteiger partial charge in [0.2, 0.25) is 5.91 Å². The summed E-state index contributed by atoms with van der Waals surface area (Å²) in [4.78, 5) is 42.5. The number of amides is 3. The maximum Gasteiger partial charge on any atom is 0.408 e. The average Bonchev–Trinajstić information content (AvgIpc) is 2.90. The molecule has 40 heavy (non-hydrogen) atoms. The fourth-order valence-corrected chi connectivity index (χ4v) is 4.35. The lowest BCUT2D eigenvalue weighted by atomic mass is 9.99. The highest BCUT2D eigenvalue weighted by Gasteiger charge is 2.36. The number of hydrogen-bond donors (Lipinski definition) is 3. The van der Waals surface area contributed by atoms with Crippen molar-refractivity contribution in [1.82, 2.24) is 10.2 Å². The molecule has 3 amide bonds. The number of phenols is 1. The van der Waals surface area contributed by atoms with Gasteiger partial charge in [-0.3, -0.25) is 9.59 Å². The molecular weight excluding hydrogens is 506 g/mol. The van der Waals surface area contributed by atoms with Crippen LogP contribution in [0.5, 0.6) is 5.75 Å². The summed E-state index contributed by atoms with van der Waals surface area (Å²) in [6.07, 6.45) is -0.00777. The predicted octanol–water partition coefficient (Wildman–Crippen LogP) is 5.76. The van der Waals surface area contributed by atoms with Gasteiger partial charge in [-0.1, -0.05) is 67.6 Å². The van der Waals surface area contributed by atoms with Gasteiger partial charge < -0.3 is 25.4 Å². The zero-order valence-electron chi connectivity index (χ0n) is 23.8. The third kappa shape index (κ3) is 8.59. The monoisotopic (exact) mass is 545 g/mol. The number of carbonyl (C=O) groups is 3. The van der Waals surface area contributed by atoms with Crippen LogP contribution < -0.4 is 10.6 Å². The van der Waals surface area contributed by atoms with Crippen LogP contribution in [-0.2, 0) is 20.7 Å². The fraction of sp³-hybridized carbons (Fsp3) is 0.344. The largest absolute Gasteiger partial charge is 0.508 e. The summed E-state index contributed by atoms with van der Waals surface area (Å²) in [6, 6.07) is 21.0. The number of alkyl carbamates (subject to hydrolysis) is 1. The predicted molar refractivity (Wildman–Crippen MR) is 156 cm³/mol. The maximum absolute atomic E-state index is 14.3. The molecule has 0 saturated heterocycles. The second-order valence-corrected chi connectivity index (χ2v) is 10.7. The van der Waals surface area contributed by atoms with Crippen LogP contribution in [-0.4, -0.2) is 46.1 Å². The van der Waals surface area contributed by atoms with Gasteiger partial charge in [0.05, 0.1) is 0 Å². The van der Waals surface area contributed by atoms with Gasteiger partial charge in [0, 0.05) is 18.7 Å². The SMILES string of the molecule is CCCN(C(=O)C(Cc1ccc(O)cc1)NC(=O)OC(C)(C)C)C(C(=O)Nc1ccccc1C)c1ccccc1. The van der Waals surface area contributed by atoms with E-state index in [1.165, 1.54) is 17.0 Å². The van der Waals surface area contributed by atoms with E-state index in [1.54, 1.807) is 32.9 Å². The van der Waals surface area contributed by atoms with Crippen molar-refractivity contribution in [3.8, 4) is 5.75 Å². The van der Waals surface area contributed by atoms with Gasteiger partial charge >= 0.3 is 6.09 Å². The number of carbonyl (C=O) groups excluding carboxylic acids is 3. The highest BCUT2D eigenvalue weighted by molar-refractivity contribution is 5.99. The Kier molecular flexibility index (Phi) is 10.3. The highest BCUT2D eigenvalue weighted by Crippen LogP contribution is 2.26. The zero-order valence-corrected chi connectivity index (χ0v) is 23.8. The quantitative estimate of drug-likeness (QED) is 0.300. The van der Waals surface area contributed by atoms with Crippen LogP contribution in [0.25, 0.3) is 0 Å². The Morgan fingerprint density at radius 3 is 2.15 bits per heavy atom. The average molecular weight is 546 g/mol. The topological polar surface area (TPSA) is 108 Å². The molecule has 0 aliphatic heterocycles. The zero-order chi connectivity index (χ0) is 29.3. The highest BCUT2D eigenvalue weighted by atomic mass is 16.6. The third-order valence-electron chi connectivity index (χ3n) is 6.19. The first-order valence-corrected chi connectivity index (χ1v) is 13.5. The summed E-state index contributed by atoms with van der Waals surface area (Å²) in [5, 5.41) is 15.5. The number of rotatable bonds is 10. The second kappa shape index (κ2) is 13.6. The van der Waals surface area contributed by atoms with E-state index in [-0.39, 0.29) is 24.6 Å². The molecule has 0 spiro atoms. The normalized spacial score (nSPS) is 12.6. The number of anilines is 1. The lowest BCUT2D eigenvalue weighted by molar-refractivity contribution is -0.140. The second-order valence-electron chi connectivity index (χ2n) is 10.7. The first kappa shape index (κ1) is 30.2. The van der Waals surface area contributed by atoms with Gasteiger partial charge in [-0.15, -0.1) is 0 Å². The molecule has 3 aromatic rings. The van der Waals surface area contributed by atoms with E-state index in [2.05, 4.69) is 10.6 Å². The molecular formula is C32H39N3O5. The summed E-state index contributed by atoms with van der Waals surface area (Å²) in [5.74, 6) is -0.686. The van der Waals surface area contributed by atoms with E-state index in [0.717, 1.165) is 11.1 Å². The van der Waals surface area contributed by atoms with Crippen molar-refractivity contribution in [1.29, 1.82) is 0 Å². The van der Waals surface area contributed by atoms with Crippen LogP contribution in [0, 0.1) is 6.92 Å². The molecule has 8 heteroatoms. The van der Waals surface area contributed by atoms with E-state index in [1.807, 2.05) is 68.4 Å². The van der Waals surface area contributed by atoms with Crippen molar-refractivity contribution < 1.29 is 24.2 Å². The molecule has 212 valence electrons.